The molecule has 13 rings (SSSR count). The molecule has 0 saturated heterocycles. The van der Waals surface area contributed by atoms with Crippen molar-refractivity contribution in [2.75, 3.05) is 0 Å². The quantitative estimate of drug-likeness (QED) is 0.165. The van der Waals surface area contributed by atoms with E-state index >= 15 is 0 Å². The van der Waals surface area contributed by atoms with Crippen LogP contribution in [0.4, 0.5) is 0 Å². The molecule has 0 atom stereocenters. The van der Waals surface area contributed by atoms with Crippen LogP contribution < -0.4 is 0 Å². The Morgan fingerprint density at radius 1 is 0.310 bits per heavy atom. The number of hydrogen-bond acceptors (Lipinski definition) is 1. The average molecular weight is 734 g/mol. The maximum atomic E-state index is 4.72. The number of rotatable bonds is 3. The molecule has 0 bridgehead atoms. The monoisotopic (exact) mass is 733 g/mol. The van der Waals surface area contributed by atoms with Gasteiger partial charge < -0.3 is 0 Å². The molecule has 0 aliphatic heterocycles. The molecular formula is C57H35N. The van der Waals surface area contributed by atoms with Crippen molar-refractivity contribution in [1.29, 1.82) is 0 Å². The summed E-state index contributed by atoms with van der Waals surface area (Å²) in [6.07, 6.45) is 4.01. The van der Waals surface area contributed by atoms with E-state index in [1.54, 1.807) is 0 Å². The van der Waals surface area contributed by atoms with Crippen LogP contribution in [-0.2, 0) is 0 Å². The Labute approximate surface area is 336 Å². The third-order valence-electron chi connectivity index (χ3n) is 13.2. The molecule has 0 spiro atoms. The summed E-state index contributed by atoms with van der Waals surface area (Å²) in [6.45, 7) is 4.48. The minimum Gasteiger partial charge on any atom is -0.264 e. The van der Waals surface area contributed by atoms with Crippen molar-refractivity contribution >= 4 is 53.9 Å². The average Bonchev–Trinajstić information content (AvgIpc) is 3.79. The van der Waals surface area contributed by atoms with Crippen LogP contribution in [0, 0.1) is 13.8 Å². The minimum absolute atomic E-state index is 1.17. The SMILES string of the molecule is Cc1ccc2c(c1)c(-c1ccc3c4c(cccc14)-c1c-3c(-c3ccccc3)c3ccncc3c1-c1ccccc1)cc1c3ccc(C)c4c3c(cc21)-c1ccccc1-4. The first-order chi connectivity index (χ1) is 28.6. The Bertz CT molecular complexity index is 3520. The standard InChI is InChI=1S/C57H35N/c1-32-20-22-38-45(28-32)46(29-48-41-23-21-33(2)51-39-17-10-9-16-36(39)49(55(41)51)30-47(38)48)37-24-25-44-54-40(37)18-11-19-43(54)56-53(35-14-7-4-8-15-35)50-31-58-27-26-42(50)52(57(44)56)34-12-5-3-6-13-34/h3-31H,1-2H3. The zero-order valence-electron chi connectivity index (χ0n) is 32.2. The van der Waals surface area contributed by atoms with Crippen LogP contribution in [0.2, 0.25) is 0 Å². The number of nitrogens with zero attached hydrogens (tertiary/aromatic N) is 1. The van der Waals surface area contributed by atoms with Crippen LogP contribution in [-0.4, -0.2) is 4.98 Å². The molecule has 1 aromatic heterocycles. The van der Waals surface area contributed by atoms with E-state index in [-0.39, 0.29) is 0 Å². The predicted molar refractivity (Wildman–Crippen MR) is 246 cm³/mol. The lowest BCUT2D eigenvalue weighted by Crippen LogP contribution is -1.94. The molecule has 0 saturated carbocycles. The van der Waals surface area contributed by atoms with Crippen molar-refractivity contribution in [1.82, 2.24) is 4.98 Å². The highest BCUT2D eigenvalue weighted by atomic mass is 14.6. The smallest absolute Gasteiger partial charge is 0.0353 e. The van der Waals surface area contributed by atoms with E-state index in [1.807, 2.05) is 6.20 Å². The van der Waals surface area contributed by atoms with E-state index in [9.17, 15) is 0 Å². The molecule has 58 heavy (non-hydrogen) atoms. The lowest BCUT2D eigenvalue weighted by molar-refractivity contribution is 1.36. The second kappa shape index (κ2) is 11.6. The van der Waals surface area contributed by atoms with E-state index in [0.29, 0.717) is 0 Å². The van der Waals surface area contributed by atoms with Gasteiger partial charge in [-0.3, -0.25) is 4.98 Å². The fraction of sp³-hybridized carbons (Fsp3) is 0.0351. The van der Waals surface area contributed by atoms with Gasteiger partial charge >= 0.3 is 0 Å². The second-order valence-electron chi connectivity index (χ2n) is 16.3. The molecule has 2 aliphatic carbocycles. The summed E-state index contributed by atoms with van der Waals surface area (Å²) in [7, 11) is 0. The number of aryl methyl sites for hydroxylation is 2. The molecule has 1 nitrogen and oxygen atoms in total. The van der Waals surface area contributed by atoms with Gasteiger partial charge in [0.25, 0.3) is 0 Å². The molecule has 1 heterocycles. The highest BCUT2D eigenvalue weighted by molar-refractivity contribution is 6.32. The first-order valence-corrected chi connectivity index (χ1v) is 20.3. The fourth-order valence-electron chi connectivity index (χ4n) is 10.8. The Balaban J connectivity index is 1.16. The topological polar surface area (TPSA) is 12.9 Å². The summed E-state index contributed by atoms with van der Waals surface area (Å²) in [6, 6.07) is 61.5. The maximum Gasteiger partial charge on any atom is 0.0353 e. The molecule has 0 amide bonds. The van der Waals surface area contributed by atoms with Gasteiger partial charge in [-0.2, -0.15) is 0 Å². The molecule has 0 unspecified atom stereocenters. The summed E-state index contributed by atoms with van der Waals surface area (Å²) >= 11 is 0. The summed E-state index contributed by atoms with van der Waals surface area (Å²) in [5.74, 6) is 0. The molecule has 0 radical (unpaired) electrons. The lowest BCUT2D eigenvalue weighted by Gasteiger charge is -2.20. The lowest BCUT2D eigenvalue weighted by atomic mass is 9.83. The van der Waals surface area contributed by atoms with E-state index in [1.165, 1.54) is 143 Å². The largest absolute Gasteiger partial charge is 0.264 e. The first kappa shape index (κ1) is 31.8. The van der Waals surface area contributed by atoms with E-state index in [4.69, 9.17) is 4.98 Å². The normalized spacial score (nSPS) is 12.3. The zero-order chi connectivity index (χ0) is 38.2. The van der Waals surface area contributed by atoms with Gasteiger partial charge in [-0.15, -0.1) is 0 Å². The Morgan fingerprint density at radius 2 is 0.948 bits per heavy atom. The van der Waals surface area contributed by atoms with Crippen LogP contribution in [0.1, 0.15) is 11.1 Å². The van der Waals surface area contributed by atoms with Crippen LogP contribution in [0.15, 0.2) is 176 Å². The van der Waals surface area contributed by atoms with Crippen molar-refractivity contribution in [3.63, 3.8) is 0 Å². The summed E-state index contributed by atoms with van der Waals surface area (Å²) in [5.41, 5.74) is 20.7. The van der Waals surface area contributed by atoms with E-state index < -0.39 is 0 Å². The zero-order valence-corrected chi connectivity index (χ0v) is 32.2. The Hall–Kier alpha value is -7.35. The molecule has 1 heteroatoms. The van der Waals surface area contributed by atoms with Gasteiger partial charge in [0, 0.05) is 17.8 Å². The summed E-state index contributed by atoms with van der Waals surface area (Å²) in [4.78, 5) is 4.72. The Kier molecular flexibility index (Phi) is 6.36. The van der Waals surface area contributed by atoms with Crippen molar-refractivity contribution in [2.24, 2.45) is 0 Å². The predicted octanol–water partition coefficient (Wildman–Crippen LogP) is 15.8. The van der Waals surface area contributed by atoms with Crippen LogP contribution in [0.25, 0.3) is 132 Å². The number of benzene rings is 10. The maximum absolute atomic E-state index is 4.72. The van der Waals surface area contributed by atoms with Crippen LogP contribution >= 0.6 is 0 Å². The molecule has 0 fully saturated rings. The summed E-state index contributed by atoms with van der Waals surface area (Å²) in [5, 5.41) is 12.9. The van der Waals surface area contributed by atoms with Gasteiger partial charge in [-0.25, -0.2) is 0 Å². The molecule has 10 aromatic carbocycles. The fourth-order valence-corrected chi connectivity index (χ4v) is 10.8. The van der Waals surface area contributed by atoms with Gasteiger partial charge in [0.05, 0.1) is 0 Å². The van der Waals surface area contributed by atoms with Crippen LogP contribution in [0.5, 0.6) is 0 Å². The highest BCUT2D eigenvalue weighted by Crippen LogP contribution is 2.59. The van der Waals surface area contributed by atoms with Gasteiger partial charge in [0.2, 0.25) is 0 Å². The van der Waals surface area contributed by atoms with Crippen molar-refractivity contribution in [3.05, 3.63) is 187 Å². The molecule has 0 N–H and O–H groups in total. The third kappa shape index (κ3) is 4.12. The number of fused-ring (bicyclic) bond motifs is 11. The molecular weight excluding hydrogens is 699 g/mol. The van der Waals surface area contributed by atoms with Crippen molar-refractivity contribution in [2.45, 2.75) is 13.8 Å². The number of aromatic nitrogens is 1. The number of pyridine rings is 1. The summed E-state index contributed by atoms with van der Waals surface area (Å²) < 4.78 is 0. The molecule has 11 aromatic rings. The molecule has 2 aliphatic rings. The van der Waals surface area contributed by atoms with Gasteiger partial charge in [-0.1, -0.05) is 151 Å². The van der Waals surface area contributed by atoms with Crippen molar-refractivity contribution in [3.8, 4) is 77.9 Å². The highest BCUT2D eigenvalue weighted by Gasteiger charge is 2.32. The van der Waals surface area contributed by atoms with Crippen LogP contribution in [0.3, 0.4) is 0 Å². The molecule has 268 valence electrons. The van der Waals surface area contributed by atoms with E-state index in [0.717, 1.165) is 0 Å². The van der Waals surface area contributed by atoms with Crippen molar-refractivity contribution < 1.29 is 0 Å². The Morgan fingerprint density at radius 3 is 1.74 bits per heavy atom. The van der Waals surface area contributed by atoms with Gasteiger partial charge in [0.15, 0.2) is 0 Å². The van der Waals surface area contributed by atoms with E-state index in [2.05, 4.69) is 184 Å². The third-order valence-corrected chi connectivity index (χ3v) is 13.2. The second-order valence-corrected chi connectivity index (χ2v) is 16.3. The van der Waals surface area contributed by atoms with Gasteiger partial charge in [0.1, 0.15) is 0 Å². The number of hydrogen-bond donors (Lipinski definition) is 0. The minimum atomic E-state index is 1.17. The van der Waals surface area contributed by atoms with Gasteiger partial charge in [-0.05, 0) is 164 Å². The first-order valence-electron chi connectivity index (χ1n) is 20.3.